The van der Waals surface area contributed by atoms with Crippen LogP contribution in [0.3, 0.4) is 0 Å². The van der Waals surface area contributed by atoms with Crippen LogP contribution in [0.2, 0.25) is 0 Å². The molecule has 0 radical (unpaired) electrons. The highest BCUT2D eigenvalue weighted by Crippen LogP contribution is 2.16. The van der Waals surface area contributed by atoms with Gasteiger partial charge in [-0.3, -0.25) is 9.59 Å². The summed E-state index contributed by atoms with van der Waals surface area (Å²) in [6.07, 6.45) is -0.110. The minimum absolute atomic E-state index is 0.0885. The van der Waals surface area contributed by atoms with E-state index in [1.807, 2.05) is 30.3 Å². The highest BCUT2D eigenvalue weighted by molar-refractivity contribution is 5.85. The van der Waals surface area contributed by atoms with E-state index in [0.29, 0.717) is 17.9 Å². The molecule has 0 heterocycles. The van der Waals surface area contributed by atoms with Crippen molar-refractivity contribution in [3.63, 3.8) is 0 Å². The molecule has 2 rings (SSSR count). The van der Waals surface area contributed by atoms with E-state index in [4.69, 9.17) is 9.47 Å². The summed E-state index contributed by atoms with van der Waals surface area (Å²) in [7, 11) is 0. The van der Waals surface area contributed by atoms with Crippen molar-refractivity contribution in [2.24, 2.45) is 0 Å². The Kier molecular flexibility index (Phi) is 8.69. The zero-order valence-corrected chi connectivity index (χ0v) is 16.3. The molecule has 154 valence electrons. The molecule has 7 nitrogen and oxygen atoms in total. The van der Waals surface area contributed by atoms with Gasteiger partial charge in [-0.25, -0.2) is 4.79 Å². The molecule has 0 saturated carbocycles. The van der Waals surface area contributed by atoms with Crippen molar-refractivity contribution in [3.8, 4) is 5.75 Å². The summed E-state index contributed by atoms with van der Waals surface area (Å²) in [6, 6.07) is 15.7. The van der Waals surface area contributed by atoms with Gasteiger partial charge < -0.3 is 19.9 Å². The van der Waals surface area contributed by atoms with Gasteiger partial charge in [0.15, 0.2) is 0 Å². The van der Waals surface area contributed by atoms with Crippen LogP contribution in [0.25, 0.3) is 0 Å². The molecule has 1 atom stereocenters. The van der Waals surface area contributed by atoms with Gasteiger partial charge in [0.25, 0.3) is 0 Å². The average molecular weight is 399 g/mol. The molecule has 0 bridgehead atoms. The first-order valence-electron chi connectivity index (χ1n) is 9.41. The van der Waals surface area contributed by atoms with Crippen molar-refractivity contribution in [1.82, 2.24) is 5.32 Å². The van der Waals surface area contributed by atoms with Gasteiger partial charge in [0, 0.05) is 12.8 Å². The van der Waals surface area contributed by atoms with Crippen LogP contribution in [0.15, 0.2) is 54.6 Å². The number of esters is 1. The van der Waals surface area contributed by atoms with E-state index in [1.54, 1.807) is 31.2 Å². The number of benzene rings is 2. The summed E-state index contributed by atoms with van der Waals surface area (Å²) in [5.41, 5.74) is 1.74. The molecule has 0 spiro atoms. The Bertz CT molecular complexity index is 821. The van der Waals surface area contributed by atoms with Crippen LogP contribution in [0.5, 0.6) is 5.75 Å². The third-order valence-corrected chi connectivity index (χ3v) is 4.08. The smallest absolute Gasteiger partial charge is 0.326 e. The van der Waals surface area contributed by atoms with E-state index in [-0.39, 0.29) is 25.9 Å². The minimum atomic E-state index is -1.15. The Labute approximate surface area is 169 Å². The molecule has 0 aliphatic carbocycles. The van der Waals surface area contributed by atoms with Crippen LogP contribution in [-0.2, 0) is 32.1 Å². The molecular formula is C22H25NO6. The van der Waals surface area contributed by atoms with E-state index in [0.717, 1.165) is 5.56 Å². The molecule has 2 N–H and O–H groups in total. The largest absolute Gasteiger partial charge is 0.489 e. The number of amides is 1. The Morgan fingerprint density at radius 1 is 1.00 bits per heavy atom. The van der Waals surface area contributed by atoms with Crippen LogP contribution in [0.4, 0.5) is 0 Å². The first kappa shape index (κ1) is 21.9. The van der Waals surface area contributed by atoms with Gasteiger partial charge in [0.1, 0.15) is 18.4 Å². The second-order valence-corrected chi connectivity index (χ2v) is 6.39. The lowest BCUT2D eigenvalue weighted by molar-refractivity contribution is -0.144. The average Bonchev–Trinajstić information content (AvgIpc) is 2.71. The van der Waals surface area contributed by atoms with Crippen molar-refractivity contribution >= 4 is 17.8 Å². The molecule has 7 heteroatoms. The summed E-state index contributed by atoms with van der Waals surface area (Å²) in [5, 5.41) is 11.9. The molecule has 0 aliphatic rings. The van der Waals surface area contributed by atoms with E-state index in [1.165, 1.54) is 0 Å². The van der Waals surface area contributed by atoms with E-state index < -0.39 is 23.9 Å². The highest BCUT2D eigenvalue weighted by atomic mass is 16.5. The fourth-order valence-corrected chi connectivity index (χ4v) is 2.65. The van der Waals surface area contributed by atoms with Gasteiger partial charge in [-0.2, -0.15) is 0 Å². The fraction of sp³-hybridized carbons (Fsp3) is 0.318. The first-order valence-corrected chi connectivity index (χ1v) is 9.41. The molecule has 0 aliphatic heterocycles. The number of carboxylic acids is 1. The number of rotatable bonds is 11. The summed E-state index contributed by atoms with van der Waals surface area (Å²) >= 11 is 0. The summed E-state index contributed by atoms with van der Waals surface area (Å²) < 4.78 is 10.5. The number of hydrogen-bond acceptors (Lipinski definition) is 5. The molecule has 29 heavy (non-hydrogen) atoms. The van der Waals surface area contributed by atoms with Crippen LogP contribution in [0, 0.1) is 0 Å². The Morgan fingerprint density at radius 3 is 2.41 bits per heavy atom. The monoisotopic (exact) mass is 399 g/mol. The van der Waals surface area contributed by atoms with Crippen LogP contribution in [0.1, 0.15) is 30.9 Å². The third-order valence-electron chi connectivity index (χ3n) is 4.08. The molecule has 0 fully saturated rings. The second kappa shape index (κ2) is 11.5. The zero-order valence-electron chi connectivity index (χ0n) is 16.3. The molecule has 1 amide bonds. The first-order chi connectivity index (χ1) is 14.0. The lowest BCUT2D eigenvalue weighted by atomic mass is 10.1. The summed E-state index contributed by atoms with van der Waals surface area (Å²) in [4.78, 5) is 34.8. The predicted octanol–water partition coefficient (Wildman–Crippen LogP) is 2.72. The molecule has 2 aromatic rings. The van der Waals surface area contributed by atoms with Crippen LogP contribution in [-0.4, -0.2) is 35.6 Å². The Hall–Kier alpha value is -3.35. The standard InChI is InChI=1S/C22H25NO6/c1-2-28-21(25)12-11-20(24)23-19(22(26)27)14-17-9-6-10-18(13-17)29-15-16-7-4-3-5-8-16/h3-10,13,19H,2,11-12,14-15H2,1H3,(H,23,24)(H,26,27)/t19-/m1/s1. The zero-order chi connectivity index (χ0) is 21.1. The Balaban J connectivity index is 1.91. The minimum Gasteiger partial charge on any atom is -0.489 e. The highest BCUT2D eigenvalue weighted by Gasteiger charge is 2.21. The fourth-order valence-electron chi connectivity index (χ4n) is 2.65. The van der Waals surface area contributed by atoms with Gasteiger partial charge in [0.2, 0.25) is 5.91 Å². The van der Waals surface area contributed by atoms with Gasteiger partial charge in [0.05, 0.1) is 13.0 Å². The number of nitrogens with one attached hydrogen (secondary N) is 1. The maximum absolute atomic E-state index is 12.0. The maximum atomic E-state index is 12.0. The SMILES string of the molecule is CCOC(=O)CCC(=O)N[C@H](Cc1cccc(OCc2ccccc2)c1)C(=O)O. The van der Waals surface area contributed by atoms with E-state index in [2.05, 4.69) is 5.32 Å². The summed E-state index contributed by atoms with van der Waals surface area (Å²) in [5.74, 6) is -1.53. The molecular weight excluding hydrogens is 374 g/mol. The van der Waals surface area contributed by atoms with Crippen LogP contribution >= 0.6 is 0 Å². The number of carbonyl (C=O) groups is 3. The van der Waals surface area contributed by atoms with E-state index >= 15 is 0 Å². The molecule has 0 saturated heterocycles. The van der Waals surface area contributed by atoms with Crippen molar-refractivity contribution < 1.29 is 29.0 Å². The quantitative estimate of drug-likeness (QED) is 0.564. The normalized spacial score (nSPS) is 11.3. The predicted molar refractivity (Wildman–Crippen MR) is 106 cm³/mol. The van der Waals surface area contributed by atoms with Gasteiger partial charge >= 0.3 is 11.9 Å². The van der Waals surface area contributed by atoms with E-state index in [9.17, 15) is 19.5 Å². The second-order valence-electron chi connectivity index (χ2n) is 6.39. The molecule has 2 aromatic carbocycles. The number of ether oxygens (including phenoxy) is 2. The maximum Gasteiger partial charge on any atom is 0.326 e. The Morgan fingerprint density at radius 2 is 1.72 bits per heavy atom. The number of hydrogen-bond donors (Lipinski definition) is 2. The lowest BCUT2D eigenvalue weighted by Crippen LogP contribution is -2.42. The van der Waals surface area contributed by atoms with Gasteiger partial charge in [-0.15, -0.1) is 0 Å². The topological polar surface area (TPSA) is 102 Å². The third kappa shape index (κ3) is 8.04. The van der Waals surface area contributed by atoms with Gasteiger partial charge in [-0.05, 0) is 30.2 Å². The molecule has 0 unspecified atom stereocenters. The van der Waals surface area contributed by atoms with Crippen molar-refractivity contribution in [2.75, 3.05) is 6.61 Å². The number of aliphatic carboxylic acids is 1. The molecule has 0 aromatic heterocycles. The lowest BCUT2D eigenvalue weighted by Gasteiger charge is -2.15. The number of carboxylic acid groups (broad SMARTS) is 1. The van der Waals surface area contributed by atoms with Gasteiger partial charge in [-0.1, -0.05) is 42.5 Å². The number of carbonyl (C=O) groups excluding carboxylic acids is 2. The van der Waals surface area contributed by atoms with Crippen molar-refractivity contribution in [1.29, 1.82) is 0 Å². The van der Waals surface area contributed by atoms with Crippen LogP contribution < -0.4 is 10.1 Å². The summed E-state index contributed by atoms with van der Waals surface area (Å²) in [6.45, 7) is 2.31. The van der Waals surface area contributed by atoms with Crippen molar-refractivity contribution in [2.45, 2.75) is 38.8 Å². The van der Waals surface area contributed by atoms with Crippen molar-refractivity contribution in [3.05, 3.63) is 65.7 Å².